The van der Waals surface area contributed by atoms with Gasteiger partial charge >= 0.3 is 0 Å². The van der Waals surface area contributed by atoms with Gasteiger partial charge < -0.3 is 19.0 Å². The Bertz CT molecular complexity index is 1060. The van der Waals surface area contributed by atoms with Gasteiger partial charge in [-0.25, -0.2) is 5.01 Å². The second kappa shape index (κ2) is 6.49. The third-order valence-electron chi connectivity index (χ3n) is 5.06. The Morgan fingerprint density at radius 1 is 1.21 bits per heavy atom. The summed E-state index contributed by atoms with van der Waals surface area (Å²) >= 11 is 6.14. The topological polar surface area (TPSA) is 67.4 Å². The summed E-state index contributed by atoms with van der Waals surface area (Å²) in [5.74, 6) is 2.12. The second-order valence-electron chi connectivity index (χ2n) is 6.67. The highest BCUT2D eigenvalue weighted by Crippen LogP contribution is 2.51. The van der Waals surface area contributed by atoms with E-state index >= 15 is 0 Å². The predicted octanol–water partition coefficient (Wildman–Crippen LogP) is 4.89. The van der Waals surface area contributed by atoms with E-state index in [1.54, 1.807) is 31.6 Å². The van der Waals surface area contributed by atoms with Gasteiger partial charge in [-0.1, -0.05) is 23.7 Å². The molecule has 1 N–H and O–H groups in total. The number of phenols is 1. The normalized spacial score (nSPS) is 20.2. The highest BCUT2D eigenvalue weighted by Gasteiger charge is 2.43. The zero-order valence-electron chi connectivity index (χ0n) is 15.0. The summed E-state index contributed by atoms with van der Waals surface area (Å²) in [6.45, 7) is 0. The zero-order valence-corrected chi connectivity index (χ0v) is 15.8. The molecule has 28 heavy (non-hydrogen) atoms. The smallest absolute Gasteiger partial charge is 0.246 e. The fraction of sp³-hybridized carbons (Fsp3) is 0.190. The van der Waals surface area contributed by atoms with Crippen LogP contribution in [0.25, 0.3) is 0 Å². The zero-order chi connectivity index (χ0) is 19.3. The summed E-state index contributed by atoms with van der Waals surface area (Å²) in [4.78, 5) is 0. The first-order valence-corrected chi connectivity index (χ1v) is 9.25. The van der Waals surface area contributed by atoms with E-state index in [1.165, 1.54) is 0 Å². The number of methoxy groups -OCH3 is 1. The van der Waals surface area contributed by atoms with E-state index in [2.05, 4.69) is 0 Å². The third kappa shape index (κ3) is 2.60. The van der Waals surface area contributed by atoms with Gasteiger partial charge in [-0.15, -0.1) is 0 Å². The molecule has 0 spiro atoms. The number of phenolic OH excluding ortho intramolecular Hbond substituents is 1. The fourth-order valence-electron chi connectivity index (χ4n) is 3.77. The van der Waals surface area contributed by atoms with Crippen LogP contribution in [0, 0.1) is 0 Å². The average molecular weight is 397 g/mol. The van der Waals surface area contributed by atoms with Crippen molar-refractivity contribution in [1.82, 2.24) is 5.01 Å². The molecule has 3 aromatic rings. The van der Waals surface area contributed by atoms with Crippen molar-refractivity contribution in [1.29, 1.82) is 0 Å². The molecule has 6 nitrogen and oxygen atoms in total. The van der Waals surface area contributed by atoms with Crippen LogP contribution in [-0.2, 0) is 0 Å². The number of halogens is 1. The van der Waals surface area contributed by atoms with E-state index in [1.807, 2.05) is 35.3 Å². The highest BCUT2D eigenvalue weighted by molar-refractivity contribution is 6.31. The van der Waals surface area contributed by atoms with E-state index in [0.717, 1.165) is 11.3 Å². The molecule has 0 amide bonds. The lowest BCUT2D eigenvalue weighted by Gasteiger charge is -2.37. The number of nitrogens with zero attached hydrogens (tertiary/aromatic N) is 2. The molecule has 2 atom stereocenters. The molecule has 2 aromatic carbocycles. The maximum absolute atomic E-state index is 10.3. The van der Waals surface area contributed by atoms with Crippen LogP contribution in [0.5, 0.6) is 17.2 Å². The molecule has 3 heterocycles. The predicted molar refractivity (Wildman–Crippen MR) is 104 cm³/mol. The van der Waals surface area contributed by atoms with Gasteiger partial charge in [0, 0.05) is 22.6 Å². The number of hydrazone groups is 1. The van der Waals surface area contributed by atoms with Gasteiger partial charge in [-0.2, -0.15) is 5.10 Å². The van der Waals surface area contributed by atoms with Gasteiger partial charge in [0.2, 0.25) is 6.23 Å². The number of ether oxygens (including phenoxy) is 2. The molecule has 5 rings (SSSR count). The van der Waals surface area contributed by atoms with Crippen molar-refractivity contribution in [3.8, 4) is 17.2 Å². The average Bonchev–Trinajstić information content (AvgIpc) is 3.39. The minimum absolute atomic E-state index is 0.0812. The van der Waals surface area contributed by atoms with Crippen molar-refractivity contribution < 1.29 is 19.0 Å². The lowest BCUT2D eigenvalue weighted by molar-refractivity contribution is -0.0342. The van der Waals surface area contributed by atoms with Crippen molar-refractivity contribution in [3.05, 3.63) is 76.7 Å². The van der Waals surface area contributed by atoms with Crippen LogP contribution in [0.3, 0.4) is 0 Å². The molecule has 142 valence electrons. The largest absolute Gasteiger partial charge is 0.507 e. The molecular formula is C21H17ClN2O4. The molecule has 0 bridgehead atoms. The lowest BCUT2D eigenvalue weighted by atomic mass is 9.95. The molecule has 0 aliphatic carbocycles. The Kier molecular flexibility index (Phi) is 3.94. The van der Waals surface area contributed by atoms with Crippen LogP contribution >= 0.6 is 11.6 Å². The molecule has 1 aromatic heterocycles. The first kappa shape index (κ1) is 17.0. The first-order valence-electron chi connectivity index (χ1n) is 8.87. The number of hydrogen-bond acceptors (Lipinski definition) is 6. The van der Waals surface area contributed by atoms with Crippen LogP contribution in [0.2, 0.25) is 5.02 Å². The summed E-state index contributed by atoms with van der Waals surface area (Å²) in [6, 6.07) is 14.3. The van der Waals surface area contributed by atoms with Crippen LogP contribution in [-0.4, -0.2) is 22.9 Å². The van der Waals surface area contributed by atoms with E-state index in [0.29, 0.717) is 34.3 Å². The minimum Gasteiger partial charge on any atom is -0.507 e. The maximum Gasteiger partial charge on any atom is 0.246 e. The molecule has 0 saturated carbocycles. The van der Waals surface area contributed by atoms with Crippen LogP contribution in [0.4, 0.5) is 0 Å². The number of furan rings is 1. The Labute approximate surface area is 166 Å². The molecule has 7 heteroatoms. The van der Waals surface area contributed by atoms with Gasteiger partial charge in [0.1, 0.15) is 5.75 Å². The van der Waals surface area contributed by atoms with Crippen molar-refractivity contribution in [2.45, 2.75) is 18.7 Å². The van der Waals surface area contributed by atoms with Crippen molar-refractivity contribution in [2.75, 3.05) is 7.11 Å². The second-order valence-corrected chi connectivity index (χ2v) is 7.11. The number of rotatable bonds is 3. The maximum atomic E-state index is 10.3. The van der Waals surface area contributed by atoms with Crippen LogP contribution < -0.4 is 9.47 Å². The summed E-state index contributed by atoms with van der Waals surface area (Å²) in [7, 11) is 1.62. The number of hydrogen-bond donors (Lipinski definition) is 1. The third-order valence-corrected chi connectivity index (χ3v) is 5.29. The van der Waals surface area contributed by atoms with Gasteiger partial charge in [0.25, 0.3) is 0 Å². The standard InChI is InChI=1S/C21H17ClN2O4/c1-26-18-5-2-4-13-16-11-15(14-10-12(22)7-8-17(14)25)23-24(16)21(28-20(13)18)19-6-3-9-27-19/h2-10,16,21,25H,11H2,1H3/t16-,21-/m1/s1. The number of aromatic hydroxyl groups is 1. The Morgan fingerprint density at radius 2 is 2.11 bits per heavy atom. The SMILES string of the molecule is COc1cccc2c1O[C@H](c1ccco1)N1N=C(c3cc(Cl)ccc3O)C[C@H]21. The van der Waals surface area contributed by atoms with Crippen LogP contribution in [0.15, 0.2) is 64.3 Å². The molecule has 0 radical (unpaired) electrons. The Morgan fingerprint density at radius 3 is 2.89 bits per heavy atom. The molecular weight excluding hydrogens is 380 g/mol. The number of fused-ring (bicyclic) bond motifs is 3. The van der Waals surface area contributed by atoms with Crippen LogP contribution in [0.1, 0.15) is 35.6 Å². The number of para-hydroxylation sites is 1. The Balaban J connectivity index is 1.64. The van der Waals surface area contributed by atoms with Gasteiger partial charge in [-0.05, 0) is 36.4 Å². The van der Waals surface area contributed by atoms with E-state index < -0.39 is 6.23 Å². The quantitative estimate of drug-likeness (QED) is 0.682. The molecule has 2 aliphatic heterocycles. The fourth-order valence-corrected chi connectivity index (χ4v) is 3.94. The number of benzene rings is 2. The molecule has 2 aliphatic rings. The summed E-state index contributed by atoms with van der Waals surface area (Å²) in [5.41, 5.74) is 2.33. The lowest BCUT2D eigenvalue weighted by Crippen LogP contribution is -2.33. The summed E-state index contributed by atoms with van der Waals surface area (Å²) in [5, 5.41) is 17.5. The van der Waals surface area contributed by atoms with Gasteiger partial charge in [-0.3, -0.25) is 0 Å². The summed E-state index contributed by atoms with van der Waals surface area (Å²) < 4.78 is 17.4. The first-order chi connectivity index (χ1) is 13.7. The van der Waals surface area contributed by atoms with Gasteiger partial charge in [0.15, 0.2) is 17.3 Å². The highest BCUT2D eigenvalue weighted by atomic mass is 35.5. The minimum atomic E-state index is -0.539. The van der Waals surface area contributed by atoms with Crippen molar-refractivity contribution in [3.63, 3.8) is 0 Å². The monoisotopic (exact) mass is 396 g/mol. The van der Waals surface area contributed by atoms with Gasteiger partial charge in [0.05, 0.1) is 25.1 Å². The van der Waals surface area contributed by atoms with Crippen molar-refractivity contribution >= 4 is 17.3 Å². The van der Waals surface area contributed by atoms with E-state index in [9.17, 15) is 5.11 Å². The molecule has 0 fully saturated rings. The summed E-state index contributed by atoms with van der Waals surface area (Å²) in [6.07, 6.45) is 1.66. The molecule has 0 unspecified atom stereocenters. The Hall–Kier alpha value is -3.12. The van der Waals surface area contributed by atoms with E-state index in [4.69, 9.17) is 30.6 Å². The van der Waals surface area contributed by atoms with E-state index in [-0.39, 0.29) is 11.8 Å². The van der Waals surface area contributed by atoms with Crippen molar-refractivity contribution in [2.24, 2.45) is 5.10 Å². The molecule has 0 saturated heterocycles.